The molecule has 0 radical (unpaired) electrons. The molecule has 0 amide bonds. The van der Waals surface area contributed by atoms with Crippen molar-refractivity contribution >= 4 is 0 Å². The molecule has 0 nitrogen and oxygen atoms in total. The van der Waals surface area contributed by atoms with Gasteiger partial charge in [-0.05, 0) is 0 Å². The average Bonchev–Trinajstić information content (AvgIpc) is 3.31. The first-order valence-electron chi connectivity index (χ1n) is 7.48. The van der Waals surface area contributed by atoms with Gasteiger partial charge in [-0.15, -0.1) is 59.7 Å². The summed E-state index contributed by atoms with van der Waals surface area (Å²) in [4.78, 5) is 0. The summed E-state index contributed by atoms with van der Waals surface area (Å²) in [6.45, 7) is 0. The standard InChI is InChI=1S/2C11H9.Ti/c2*1-2-6-10(7-3-1)11-8-4-5-9-11;/h2*1-9H;/q2*-1;+2. The van der Waals surface area contributed by atoms with E-state index in [2.05, 4.69) is 97.1 Å². The van der Waals surface area contributed by atoms with Crippen molar-refractivity contribution in [3.05, 3.63) is 109 Å². The van der Waals surface area contributed by atoms with Gasteiger partial charge in [0.25, 0.3) is 0 Å². The molecule has 0 aliphatic rings. The van der Waals surface area contributed by atoms with E-state index in [0.717, 1.165) is 0 Å². The zero-order valence-corrected chi connectivity index (χ0v) is 14.5. The van der Waals surface area contributed by atoms with Gasteiger partial charge in [0.2, 0.25) is 0 Å². The Balaban J connectivity index is 0.000000160. The largest absolute Gasteiger partial charge is 2.00 e. The molecular weight excluding hydrogens is 312 g/mol. The third-order valence-electron chi connectivity index (χ3n) is 3.54. The van der Waals surface area contributed by atoms with Crippen LogP contribution in [0.1, 0.15) is 0 Å². The Kier molecular flexibility index (Phi) is 6.81. The molecule has 0 saturated heterocycles. The molecule has 1 heteroatoms. The molecular formula is C22H18Ti. The maximum absolute atomic E-state index is 2.12. The van der Waals surface area contributed by atoms with E-state index in [0.29, 0.717) is 0 Å². The van der Waals surface area contributed by atoms with E-state index in [4.69, 9.17) is 0 Å². The Labute approximate surface area is 153 Å². The fourth-order valence-electron chi connectivity index (χ4n) is 2.39. The second-order valence-electron chi connectivity index (χ2n) is 5.08. The maximum atomic E-state index is 2.12. The quantitative estimate of drug-likeness (QED) is 0.306. The Morgan fingerprint density at radius 1 is 0.391 bits per heavy atom. The minimum absolute atomic E-state index is 0. The molecule has 0 atom stereocenters. The van der Waals surface area contributed by atoms with Crippen LogP contribution in [0.5, 0.6) is 0 Å². The Bertz CT molecular complexity index is 682. The molecule has 0 saturated carbocycles. The third-order valence-corrected chi connectivity index (χ3v) is 3.54. The van der Waals surface area contributed by atoms with Gasteiger partial charge in [-0.1, -0.05) is 47.5 Å². The minimum Gasteiger partial charge on any atom is -0.152 e. The molecule has 0 N–H and O–H groups in total. The van der Waals surface area contributed by atoms with Crippen molar-refractivity contribution in [2.75, 3.05) is 0 Å². The topological polar surface area (TPSA) is 0 Å². The molecule has 0 spiro atoms. The molecule has 4 aromatic carbocycles. The Hall–Kier alpha value is -2.15. The van der Waals surface area contributed by atoms with Crippen molar-refractivity contribution in [3.8, 4) is 22.3 Å². The SMILES string of the molecule is [Ti+2].c1ccc(-[c-]2cccc2)cc1.c1ccc(-[c-]2cccc2)cc1. The van der Waals surface area contributed by atoms with Gasteiger partial charge < -0.3 is 0 Å². The first-order chi connectivity index (χ1) is 10.9. The molecule has 0 fully saturated rings. The smallest absolute Gasteiger partial charge is 0.152 e. The van der Waals surface area contributed by atoms with Gasteiger partial charge in [0.1, 0.15) is 0 Å². The predicted molar refractivity (Wildman–Crippen MR) is 94.9 cm³/mol. The van der Waals surface area contributed by atoms with Crippen LogP contribution in [-0.4, -0.2) is 0 Å². The number of rotatable bonds is 2. The summed E-state index contributed by atoms with van der Waals surface area (Å²) in [5.41, 5.74) is 5.17. The van der Waals surface area contributed by atoms with Gasteiger partial charge >= 0.3 is 21.7 Å². The molecule has 0 bridgehead atoms. The number of hydrogen-bond acceptors (Lipinski definition) is 0. The number of benzene rings is 2. The van der Waals surface area contributed by atoms with Crippen LogP contribution >= 0.6 is 0 Å². The summed E-state index contributed by atoms with van der Waals surface area (Å²) in [7, 11) is 0. The van der Waals surface area contributed by atoms with Crippen LogP contribution in [0.15, 0.2) is 109 Å². The van der Waals surface area contributed by atoms with Crippen LogP contribution in [0.3, 0.4) is 0 Å². The molecule has 0 aliphatic heterocycles. The van der Waals surface area contributed by atoms with E-state index in [-0.39, 0.29) is 21.7 Å². The summed E-state index contributed by atoms with van der Waals surface area (Å²) >= 11 is 0. The van der Waals surface area contributed by atoms with Crippen LogP contribution in [-0.2, 0) is 21.7 Å². The van der Waals surface area contributed by atoms with E-state index >= 15 is 0 Å². The summed E-state index contributed by atoms with van der Waals surface area (Å²) < 4.78 is 0. The first kappa shape index (κ1) is 17.2. The second kappa shape index (κ2) is 9.10. The Morgan fingerprint density at radius 3 is 1.00 bits per heavy atom. The summed E-state index contributed by atoms with van der Waals surface area (Å²) in [6, 6.07) is 37.5. The number of hydrogen-bond donors (Lipinski definition) is 0. The predicted octanol–water partition coefficient (Wildman–Crippen LogP) is 6.14. The van der Waals surface area contributed by atoms with E-state index in [1.54, 1.807) is 0 Å². The van der Waals surface area contributed by atoms with E-state index in [9.17, 15) is 0 Å². The summed E-state index contributed by atoms with van der Waals surface area (Å²) in [5, 5.41) is 0. The zero-order chi connectivity index (χ0) is 15.0. The normalized spacial score (nSPS) is 9.39. The van der Waals surface area contributed by atoms with Gasteiger partial charge in [-0.2, -0.15) is 24.3 Å². The first-order valence-corrected chi connectivity index (χ1v) is 7.48. The molecule has 0 aromatic heterocycles. The minimum atomic E-state index is 0. The van der Waals surface area contributed by atoms with Gasteiger partial charge in [0, 0.05) is 0 Å². The van der Waals surface area contributed by atoms with E-state index in [1.807, 2.05) is 12.1 Å². The van der Waals surface area contributed by atoms with Gasteiger partial charge in [0.15, 0.2) is 0 Å². The zero-order valence-electron chi connectivity index (χ0n) is 12.9. The second-order valence-corrected chi connectivity index (χ2v) is 5.08. The molecule has 23 heavy (non-hydrogen) atoms. The van der Waals surface area contributed by atoms with Crippen molar-refractivity contribution in [1.29, 1.82) is 0 Å². The third kappa shape index (κ3) is 4.92. The van der Waals surface area contributed by atoms with Crippen molar-refractivity contribution in [1.82, 2.24) is 0 Å². The average molecular weight is 330 g/mol. The maximum Gasteiger partial charge on any atom is 2.00 e. The van der Waals surface area contributed by atoms with Crippen molar-refractivity contribution in [3.63, 3.8) is 0 Å². The van der Waals surface area contributed by atoms with Gasteiger partial charge in [-0.3, -0.25) is 0 Å². The van der Waals surface area contributed by atoms with Crippen molar-refractivity contribution < 1.29 is 21.7 Å². The molecule has 110 valence electrons. The fourth-order valence-corrected chi connectivity index (χ4v) is 2.39. The van der Waals surface area contributed by atoms with E-state index < -0.39 is 0 Å². The molecule has 0 aliphatic carbocycles. The summed E-state index contributed by atoms with van der Waals surface area (Å²) in [6.07, 6.45) is 0. The van der Waals surface area contributed by atoms with Gasteiger partial charge in [0.05, 0.1) is 0 Å². The van der Waals surface area contributed by atoms with E-state index in [1.165, 1.54) is 22.3 Å². The van der Waals surface area contributed by atoms with Crippen LogP contribution in [0, 0.1) is 0 Å². The summed E-state index contributed by atoms with van der Waals surface area (Å²) in [5.74, 6) is 0. The Morgan fingerprint density at radius 2 is 0.696 bits per heavy atom. The van der Waals surface area contributed by atoms with Crippen molar-refractivity contribution in [2.45, 2.75) is 0 Å². The molecule has 0 heterocycles. The van der Waals surface area contributed by atoms with Crippen LogP contribution in [0.25, 0.3) is 22.3 Å². The molecule has 0 unspecified atom stereocenters. The molecule has 4 aromatic rings. The fraction of sp³-hybridized carbons (Fsp3) is 0. The van der Waals surface area contributed by atoms with Crippen LogP contribution in [0.4, 0.5) is 0 Å². The van der Waals surface area contributed by atoms with Crippen molar-refractivity contribution in [2.24, 2.45) is 0 Å². The van der Waals surface area contributed by atoms with Crippen LogP contribution < -0.4 is 0 Å². The van der Waals surface area contributed by atoms with Crippen LogP contribution in [0.2, 0.25) is 0 Å². The molecule has 4 rings (SSSR count). The monoisotopic (exact) mass is 330 g/mol. The van der Waals surface area contributed by atoms with Gasteiger partial charge in [-0.25, -0.2) is 0 Å².